The van der Waals surface area contributed by atoms with Crippen molar-refractivity contribution in [2.24, 2.45) is 5.73 Å². The number of hydrogen-bond donors (Lipinski definition) is 7. The van der Waals surface area contributed by atoms with E-state index in [-0.39, 0.29) is 57.4 Å². The van der Waals surface area contributed by atoms with Crippen molar-refractivity contribution in [3.8, 4) is 0 Å². The van der Waals surface area contributed by atoms with Crippen LogP contribution in [0.4, 0.5) is 0 Å². The van der Waals surface area contributed by atoms with Crippen molar-refractivity contribution in [1.82, 2.24) is 56.0 Å². The number of aliphatic carboxylic acids is 1. The summed E-state index contributed by atoms with van der Waals surface area (Å²) in [5, 5.41) is 21.7. The van der Waals surface area contributed by atoms with Gasteiger partial charge in [-0.1, -0.05) is 35.6 Å². The van der Waals surface area contributed by atoms with E-state index in [2.05, 4.69) is 63.8 Å². The number of methoxy groups -OCH3 is 8. The first kappa shape index (κ1) is 87.2. The number of nitrogens with zero attached hydrogens (tertiary/aromatic N) is 6. The Labute approximate surface area is 539 Å². The minimum absolute atomic E-state index is 0. The maximum atomic E-state index is 11.6. The van der Waals surface area contributed by atoms with E-state index in [1.807, 2.05) is 55.5 Å². The van der Waals surface area contributed by atoms with E-state index in [0.29, 0.717) is 39.4 Å². The van der Waals surface area contributed by atoms with Crippen molar-refractivity contribution < 1.29 is 87.1 Å². The second-order valence-electron chi connectivity index (χ2n) is 15.1. The van der Waals surface area contributed by atoms with E-state index in [9.17, 15) is 24.0 Å². The van der Waals surface area contributed by atoms with Crippen molar-refractivity contribution >= 4 is 78.4 Å². The minimum Gasteiger partial charge on any atom is -0.480 e. The molecule has 3 rings (SSSR count). The number of rotatable bonds is 25. The zero-order valence-electron chi connectivity index (χ0n) is 56.5. The van der Waals surface area contributed by atoms with Crippen LogP contribution in [0.3, 0.4) is 0 Å². The van der Waals surface area contributed by atoms with E-state index >= 15 is 0 Å². The minimum atomic E-state index is -1.18. The van der Waals surface area contributed by atoms with Gasteiger partial charge in [0.2, 0.25) is 23.6 Å². The maximum absolute atomic E-state index is 11.6. The second kappa shape index (κ2) is 77.8. The van der Waals surface area contributed by atoms with E-state index in [0.717, 1.165) is 71.3 Å². The number of ether oxygens (including phenoxy) is 8. The molecular weight excluding hydrogens is 1430 g/mol. The average Bonchev–Trinajstić information content (AvgIpc) is 3.69. The van der Waals surface area contributed by atoms with E-state index < -0.39 is 44.9 Å². The molecule has 82 heavy (non-hydrogen) atoms. The monoisotopic (exact) mass is 1560 g/mol. The normalized spacial score (nSPS) is 17.6. The van der Waals surface area contributed by atoms with Gasteiger partial charge in [-0.15, -0.1) is 11.6 Å². The molecule has 8 N–H and O–H groups in total. The quantitative estimate of drug-likeness (QED) is 0.0352. The summed E-state index contributed by atoms with van der Waals surface area (Å²) >= 11 is 10.3. The van der Waals surface area contributed by atoms with Crippen LogP contribution < -0.4 is 45.6 Å². The van der Waals surface area contributed by atoms with Gasteiger partial charge >= 0.3 is 56.5 Å². The van der Waals surface area contributed by atoms with Crippen LogP contribution >= 0.6 is 48.8 Å². The largest absolute Gasteiger partial charge is 0.480 e. The van der Waals surface area contributed by atoms with Crippen LogP contribution in [-0.2, 0) is 61.9 Å². The van der Waals surface area contributed by atoms with Crippen LogP contribution in [0.2, 0.25) is 0 Å². The van der Waals surface area contributed by atoms with E-state index in [1.165, 1.54) is 31.1 Å². The Kier molecular flexibility index (Phi) is 82.7. The summed E-state index contributed by atoms with van der Waals surface area (Å²) in [5.74, 6) is -1.03. The summed E-state index contributed by atoms with van der Waals surface area (Å²) < 4.78 is 75.1. The molecule has 0 saturated carbocycles. The van der Waals surface area contributed by atoms with Crippen LogP contribution in [0.25, 0.3) is 0 Å². The fraction of sp³-hybridized carbons (Fsp3) is 0.865. The van der Waals surface area contributed by atoms with Gasteiger partial charge in [-0.25, -0.2) is 0 Å². The van der Waals surface area contributed by atoms with Crippen LogP contribution in [0.15, 0.2) is 12.4 Å². The van der Waals surface area contributed by atoms with Gasteiger partial charge < -0.3 is 99.8 Å². The molecule has 26 nitrogen and oxygen atoms in total. The Hall–Kier alpha value is -1.23. The molecule has 3 aliphatic heterocycles. The second-order valence-corrected chi connectivity index (χ2v) is 31.9. The van der Waals surface area contributed by atoms with Crippen LogP contribution in [0.5, 0.6) is 0 Å². The smallest absolute Gasteiger partial charge is 0.317 e. The predicted octanol–water partition coefficient (Wildman–Crippen LogP) is -0.280. The number of alkyl halides is 1. The topological polar surface area (TPSA) is 285 Å². The number of amides is 4. The first-order chi connectivity index (χ1) is 40.2. The molecule has 30 heteroatoms. The Bertz CT molecular complexity index is 1560. The SMILES string of the molecule is C.C.CCCl.CCNCC(OC)OC.CCNCC(OC)OC.COC(CN)OC.I[I-]I.[2H]C(NC)C(=O)N(CC)CC(OC)OC.[2H]C(NC)C(=O)O.[2H]C1C(=O)N(CC)C=CN1C.[2H]C1C(=O)N(CC)CCN1C.[2H]C1NCCN(CC)C1=O. The third kappa shape index (κ3) is 67.9. The molecule has 0 aliphatic carbocycles. The van der Waals surface area contributed by atoms with Crippen molar-refractivity contribution in [3.63, 3.8) is 0 Å². The number of nitrogens with two attached hydrogens (primary N) is 1. The van der Waals surface area contributed by atoms with Crippen molar-refractivity contribution in [3.05, 3.63) is 12.4 Å². The van der Waals surface area contributed by atoms with Crippen LogP contribution in [-0.4, -0.2) is 304 Å². The average molecular weight is 1560 g/mol. The summed E-state index contributed by atoms with van der Waals surface area (Å²) in [4.78, 5) is 64.6. The number of carboxylic acid groups (broad SMARTS) is 1. The number of halogens is 4. The van der Waals surface area contributed by atoms with Gasteiger partial charge in [-0.2, -0.15) is 0 Å². The molecule has 4 amide bonds. The molecule has 0 bridgehead atoms. The number of carboxylic acids is 1. The molecule has 0 radical (unpaired) electrons. The van der Waals surface area contributed by atoms with Gasteiger partial charge in [0, 0.05) is 154 Å². The molecule has 5 atom stereocenters. The molecule has 3 aliphatic rings. The summed E-state index contributed by atoms with van der Waals surface area (Å²) in [6, 6.07) is 0. The number of piperazine rings is 2. The Morgan fingerprint density at radius 3 is 1.45 bits per heavy atom. The maximum Gasteiger partial charge on any atom is 0.317 e. The van der Waals surface area contributed by atoms with Gasteiger partial charge in [-0.3, -0.25) is 28.9 Å². The number of nitrogens with one attached hydrogen (secondary N) is 5. The molecule has 0 spiro atoms. The van der Waals surface area contributed by atoms with Gasteiger partial charge in [0.25, 0.3) is 0 Å². The van der Waals surface area contributed by atoms with Crippen LogP contribution in [0, 0.1) is 0 Å². The number of likely N-dealkylation sites (N-methyl/N-ethyl adjacent to an activating group) is 10. The van der Waals surface area contributed by atoms with E-state index in [4.69, 9.17) is 67.2 Å². The number of carbonyl (C=O) groups excluding carboxylic acids is 4. The summed E-state index contributed by atoms with van der Waals surface area (Å²) in [6.45, 7) is 19.1. The fourth-order valence-corrected chi connectivity index (χ4v) is 5.20. The molecule has 500 valence electrons. The summed E-state index contributed by atoms with van der Waals surface area (Å²) in [7, 11) is 19.2. The van der Waals surface area contributed by atoms with Gasteiger partial charge in [-0.05, 0) is 61.9 Å². The number of hydrogen-bond acceptors (Lipinski definition) is 21. The molecule has 0 aromatic rings. The van der Waals surface area contributed by atoms with Crippen molar-refractivity contribution in [1.29, 1.82) is 0 Å². The molecule has 0 aromatic heterocycles. The van der Waals surface area contributed by atoms with Crippen molar-refractivity contribution in [2.45, 2.75) is 88.5 Å². The number of carbonyl (C=O) groups is 5. The molecule has 2 saturated heterocycles. The summed E-state index contributed by atoms with van der Waals surface area (Å²) in [6.07, 6.45) is 2.54. The van der Waals surface area contributed by atoms with Crippen LogP contribution in [0.1, 0.15) is 70.2 Å². The van der Waals surface area contributed by atoms with Crippen molar-refractivity contribution in [2.75, 3.05) is 215 Å². The summed E-state index contributed by atoms with van der Waals surface area (Å²) in [5.41, 5.74) is 5.14. The fourth-order valence-electron chi connectivity index (χ4n) is 5.20. The first-order valence-corrected chi connectivity index (χ1v) is 38.8. The van der Waals surface area contributed by atoms with Gasteiger partial charge in [0.05, 0.1) is 46.0 Å². The first-order valence-electron chi connectivity index (χ1n) is 28.6. The zero-order valence-corrected chi connectivity index (χ0v) is 58.7. The standard InChI is InChI=1S/C9H20N2O3.C7H14N2O.C7H12N2O.C6H12N2O.2C6H15NO2.C4H11NO2.C3H7NO2.C2H5Cl.2CH4.I3/c1-5-11(8(12)6-10-2)7-9(13-3)14-4;2*1-3-9-5-4-8(2)6-7(9)10;1-2-8-4-3-7-5-6(8)9;2*1-4-7-5-6(8-2)9-3;1-6-4(3-5)7-2;1-4-2-3(5)6;1-2-3;;;1-3-2/h9-10H,5-7H2,1-4H3;3-6H2,1-2H3;4-5H,3,6H2,1-2H3;7H,2-5H2,1H3;2*6-7H,4-5H2,1-3H3;4H,3,5H2,1-2H3;4H,2H2,1H3,(H,5,6);2H2,1H3;2*1H4;/q;;;;;;;;;;;-1/i3*6D;5D;;;;2D;;;;. The molecule has 0 aromatic carbocycles. The Morgan fingerprint density at radius 1 is 0.720 bits per heavy atom. The van der Waals surface area contributed by atoms with E-state index in [1.54, 1.807) is 88.8 Å². The molecular formula is C52H119ClI3N12O14-. The molecule has 5 unspecified atom stereocenters. The third-order valence-corrected chi connectivity index (χ3v) is 9.63. The Morgan fingerprint density at radius 2 is 1.15 bits per heavy atom. The molecule has 2 fully saturated rings. The zero-order chi connectivity index (χ0) is 67.5. The van der Waals surface area contributed by atoms with Gasteiger partial charge in [0.15, 0.2) is 25.2 Å². The van der Waals surface area contributed by atoms with Gasteiger partial charge in [0.1, 0.15) is 0 Å². The Balaban J connectivity index is -0.000000113. The predicted molar refractivity (Wildman–Crippen MR) is 347 cm³/mol. The molecule has 3 heterocycles. The third-order valence-electron chi connectivity index (χ3n) is 9.63.